The molecule has 2 amide bonds. The van der Waals surface area contributed by atoms with E-state index in [-0.39, 0.29) is 30.8 Å². The number of anilines is 2. The molecule has 2 aliphatic heterocycles. The van der Waals surface area contributed by atoms with Crippen LogP contribution in [-0.4, -0.2) is 46.6 Å². The average Bonchev–Trinajstić information content (AvgIpc) is 3.33. The highest BCUT2D eigenvalue weighted by Crippen LogP contribution is 2.45. The first-order chi connectivity index (χ1) is 14.8. The maximum Gasteiger partial charge on any atom is 0.391 e. The smallest absolute Gasteiger partial charge is 0.377 e. The fraction of sp³-hybridized carbons (Fsp3) is 0.667. The van der Waals surface area contributed by atoms with Crippen molar-refractivity contribution in [1.29, 1.82) is 0 Å². The van der Waals surface area contributed by atoms with E-state index in [2.05, 4.69) is 20.4 Å². The number of ether oxygens (including phenoxy) is 1. The summed E-state index contributed by atoms with van der Waals surface area (Å²) in [5, 5.41) is 7.04. The molecule has 0 aromatic carbocycles. The summed E-state index contributed by atoms with van der Waals surface area (Å²) in [6, 6.07) is -0.597. The molecule has 1 saturated heterocycles. The molecule has 9 nitrogen and oxygen atoms in total. The van der Waals surface area contributed by atoms with Crippen molar-refractivity contribution in [3.63, 3.8) is 0 Å². The number of fused-ring (bicyclic) bond motifs is 4. The van der Waals surface area contributed by atoms with E-state index in [0.29, 0.717) is 49.4 Å². The van der Waals surface area contributed by atoms with Gasteiger partial charge in [-0.3, -0.25) is 5.32 Å². The standard InChI is InChI=1S/C18H21F3N6O3S/c19-18(20,21)9-3-1-8(2-4-9)14-24-17(30-26-14)27-10-5-11-13(12(27)7-29-6-10)31-16(23-11)25-15(22)28/h8-10,12H,1-7H2,(H3,22,23,25,28)/t8-,9+,10?,12?. The Hall–Kier alpha value is -2.41. The Kier molecular flexibility index (Phi) is 5.04. The molecular weight excluding hydrogens is 437 g/mol. The highest BCUT2D eigenvalue weighted by atomic mass is 32.1. The molecule has 3 N–H and O–H groups in total. The molecule has 13 heteroatoms. The fourth-order valence-corrected chi connectivity index (χ4v) is 5.79. The first kappa shape index (κ1) is 20.5. The zero-order valence-corrected chi connectivity index (χ0v) is 17.2. The van der Waals surface area contributed by atoms with Crippen molar-refractivity contribution in [2.75, 3.05) is 23.4 Å². The van der Waals surface area contributed by atoms with E-state index in [1.807, 2.05) is 4.90 Å². The van der Waals surface area contributed by atoms with Crippen LogP contribution in [0.2, 0.25) is 0 Å². The maximum absolute atomic E-state index is 12.9. The van der Waals surface area contributed by atoms with Gasteiger partial charge in [0.1, 0.15) is 0 Å². The molecule has 2 unspecified atom stereocenters. The Morgan fingerprint density at radius 1 is 1.19 bits per heavy atom. The lowest BCUT2D eigenvalue weighted by molar-refractivity contribution is -0.182. The van der Waals surface area contributed by atoms with E-state index in [1.54, 1.807) is 0 Å². The number of nitrogens with two attached hydrogens (primary N) is 1. The summed E-state index contributed by atoms with van der Waals surface area (Å²) in [6.45, 7) is 0.858. The van der Waals surface area contributed by atoms with Crippen molar-refractivity contribution in [2.24, 2.45) is 11.7 Å². The van der Waals surface area contributed by atoms with Crippen LogP contribution in [0.5, 0.6) is 0 Å². The van der Waals surface area contributed by atoms with Gasteiger partial charge in [0, 0.05) is 12.3 Å². The van der Waals surface area contributed by atoms with Gasteiger partial charge >= 0.3 is 18.2 Å². The molecule has 2 bridgehead atoms. The van der Waals surface area contributed by atoms with Crippen LogP contribution in [-0.2, 0) is 11.2 Å². The number of urea groups is 1. The number of primary amides is 1. The number of carbonyl (C=O) groups is 1. The summed E-state index contributed by atoms with van der Waals surface area (Å²) >= 11 is 1.33. The molecule has 0 radical (unpaired) electrons. The number of nitrogens with zero attached hydrogens (tertiary/aromatic N) is 4. The lowest BCUT2D eigenvalue weighted by atomic mass is 9.81. The van der Waals surface area contributed by atoms with Gasteiger partial charge in [-0.25, -0.2) is 9.78 Å². The Morgan fingerprint density at radius 3 is 2.68 bits per heavy atom. The summed E-state index contributed by atoms with van der Waals surface area (Å²) in [6.07, 6.45) is -2.62. The Bertz CT molecular complexity index is 971. The second-order valence-corrected chi connectivity index (χ2v) is 9.19. The monoisotopic (exact) mass is 458 g/mol. The lowest BCUT2D eigenvalue weighted by Gasteiger charge is -2.43. The van der Waals surface area contributed by atoms with Gasteiger partial charge in [0.2, 0.25) is 0 Å². The number of morpholine rings is 1. The van der Waals surface area contributed by atoms with Crippen LogP contribution in [0.1, 0.15) is 54.0 Å². The predicted octanol–water partition coefficient (Wildman–Crippen LogP) is 3.36. The number of nitrogens with one attached hydrogen (secondary N) is 1. The molecule has 1 saturated carbocycles. The van der Waals surface area contributed by atoms with E-state index in [0.717, 1.165) is 10.6 Å². The van der Waals surface area contributed by atoms with Crippen molar-refractivity contribution in [1.82, 2.24) is 15.1 Å². The van der Waals surface area contributed by atoms with Gasteiger partial charge in [-0.1, -0.05) is 16.5 Å². The number of halogens is 3. The third kappa shape index (κ3) is 3.84. The molecule has 168 valence electrons. The van der Waals surface area contributed by atoms with Crippen molar-refractivity contribution in [3.8, 4) is 0 Å². The number of thiazole rings is 1. The number of hydrogen-bond acceptors (Lipinski definition) is 8. The first-order valence-electron chi connectivity index (χ1n) is 10.1. The van der Waals surface area contributed by atoms with Gasteiger partial charge in [0.25, 0.3) is 0 Å². The Balaban J connectivity index is 1.35. The van der Waals surface area contributed by atoms with Crippen LogP contribution < -0.4 is 16.0 Å². The minimum Gasteiger partial charge on any atom is -0.377 e. The van der Waals surface area contributed by atoms with E-state index < -0.39 is 18.1 Å². The van der Waals surface area contributed by atoms with Crippen LogP contribution in [0.25, 0.3) is 0 Å². The van der Waals surface area contributed by atoms with E-state index in [1.165, 1.54) is 11.3 Å². The summed E-state index contributed by atoms with van der Waals surface area (Å²) in [7, 11) is 0. The van der Waals surface area contributed by atoms with Crippen molar-refractivity contribution in [2.45, 2.75) is 56.3 Å². The molecule has 2 fully saturated rings. The molecule has 2 aromatic rings. The second kappa shape index (κ2) is 7.62. The minimum absolute atomic E-state index is 0.0657. The average molecular weight is 458 g/mol. The van der Waals surface area contributed by atoms with Gasteiger partial charge in [0.15, 0.2) is 11.0 Å². The van der Waals surface area contributed by atoms with Crippen molar-refractivity contribution >= 4 is 28.5 Å². The zero-order chi connectivity index (χ0) is 21.8. The molecule has 0 spiro atoms. The molecule has 3 aliphatic rings. The first-order valence-corrected chi connectivity index (χ1v) is 10.9. The number of hydrogen-bond donors (Lipinski definition) is 2. The lowest BCUT2D eigenvalue weighted by Crippen LogP contribution is -2.51. The second-order valence-electron chi connectivity index (χ2n) is 8.16. The normalized spacial score (nSPS) is 28.3. The van der Waals surface area contributed by atoms with E-state index >= 15 is 0 Å². The molecular formula is C18H21F3N6O3S. The van der Waals surface area contributed by atoms with Crippen molar-refractivity contribution < 1.29 is 27.2 Å². The van der Waals surface area contributed by atoms with Gasteiger partial charge in [0.05, 0.1) is 41.8 Å². The third-order valence-corrected chi connectivity index (χ3v) is 7.33. The molecule has 4 heterocycles. The zero-order valence-electron chi connectivity index (χ0n) is 16.4. The third-order valence-electron chi connectivity index (χ3n) is 6.21. The van der Waals surface area contributed by atoms with Gasteiger partial charge < -0.3 is 19.9 Å². The number of alkyl halides is 3. The van der Waals surface area contributed by atoms with Crippen LogP contribution >= 0.6 is 11.3 Å². The van der Waals surface area contributed by atoms with Gasteiger partial charge in [-0.2, -0.15) is 18.2 Å². The molecule has 5 rings (SSSR count). The fourth-order valence-electron chi connectivity index (χ4n) is 4.71. The van der Waals surface area contributed by atoms with Crippen LogP contribution in [0.15, 0.2) is 4.52 Å². The summed E-state index contributed by atoms with van der Waals surface area (Å²) < 4.78 is 50.1. The van der Waals surface area contributed by atoms with Gasteiger partial charge in [-0.15, -0.1) is 0 Å². The predicted molar refractivity (Wildman–Crippen MR) is 104 cm³/mol. The summed E-state index contributed by atoms with van der Waals surface area (Å²) in [4.78, 5) is 23.1. The Morgan fingerprint density at radius 2 is 1.97 bits per heavy atom. The minimum atomic E-state index is -4.15. The number of rotatable bonds is 3. The number of carbonyl (C=O) groups excluding carboxylic acids is 1. The molecule has 31 heavy (non-hydrogen) atoms. The molecule has 1 aliphatic carbocycles. The maximum atomic E-state index is 12.9. The van der Waals surface area contributed by atoms with Crippen LogP contribution in [0, 0.1) is 5.92 Å². The topological polar surface area (TPSA) is 119 Å². The number of aromatic nitrogens is 3. The van der Waals surface area contributed by atoms with E-state index in [4.69, 9.17) is 15.0 Å². The quantitative estimate of drug-likeness (QED) is 0.724. The SMILES string of the molecule is NC(=O)Nc1nc2c(s1)C1COCC(C2)N1c1nc([C@H]2CC[C@@H](C(F)(F)F)CC2)no1. The van der Waals surface area contributed by atoms with E-state index in [9.17, 15) is 18.0 Å². The summed E-state index contributed by atoms with van der Waals surface area (Å²) in [5.74, 6) is -0.926. The summed E-state index contributed by atoms with van der Waals surface area (Å²) in [5.41, 5.74) is 6.08. The van der Waals surface area contributed by atoms with Crippen LogP contribution in [0.3, 0.4) is 0 Å². The number of amides is 2. The molecule has 2 atom stereocenters. The Labute approximate surface area is 179 Å². The van der Waals surface area contributed by atoms with Crippen LogP contribution in [0.4, 0.5) is 29.1 Å². The highest BCUT2D eigenvalue weighted by molar-refractivity contribution is 7.16. The van der Waals surface area contributed by atoms with Crippen molar-refractivity contribution in [3.05, 3.63) is 16.4 Å². The highest BCUT2D eigenvalue weighted by Gasteiger charge is 2.45. The molecule has 2 aromatic heterocycles. The largest absolute Gasteiger partial charge is 0.391 e. The van der Waals surface area contributed by atoms with Gasteiger partial charge in [-0.05, 0) is 25.7 Å².